The van der Waals surface area contributed by atoms with Gasteiger partial charge >= 0.3 is 6.18 Å². The molecule has 0 saturated carbocycles. The van der Waals surface area contributed by atoms with E-state index in [0.717, 1.165) is 12.1 Å². The van der Waals surface area contributed by atoms with Crippen LogP contribution in [0, 0.1) is 5.92 Å². The first-order valence-electron chi connectivity index (χ1n) is 6.82. The SMILES string of the molecule is [N-]=[N+]=NCC1CN(c2ccc(C(F)(F)F)cc2)c2ncnn2C1. The molecular weight excluding hydrogens is 311 g/mol. The van der Waals surface area contributed by atoms with Gasteiger partial charge in [-0.3, -0.25) is 0 Å². The highest BCUT2D eigenvalue weighted by Gasteiger charge is 2.31. The minimum absolute atomic E-state index is 0.00222. The first kappa shape index (κ1) is 15.2. The third-order valence-corrected chi connectivity index (χ3v) is 3.62. The lowest BCUT2D eigenvalue weighted by Crippen LogP contribution is -2.37. The Hall–Kier alpha value is -2.74. The highest BCUT2D eigenvalue weighted by molar-refractivity contribution is 5.58. The smallest absolute Gasteiger partial charge is 0.310 e. The number of hydrogen-bond donors (Lipinski definition) is 0. The fraction of sp³-hybridized carbons (Fsp3) is 0.385. The first-order valence-corrected chi connectivity index (χ1v) is 6.82. The second-order valence-corrected chi connectivity index (χ2v) is 5.18. The topological polar surface area (TPSA) is 82.7 Å². The van der Waals surface area contributed by atoms with Crippen molar-refractivity contribution >= 4 is 11.6 Å². The van der Waals surface area contributed by atoms with Crippen LogP contribution in [-0.2, 0) is 12.7 Å². The van der Waals surface area contributed by atoms with Gasteiger partial charge in [0, 0.05) is 36.2 Å². The molecule has 2 aromatic rings. The molecule has 0 radical (unpaired) electrons. The summed E-state index contributed by atoms with van der Waals surface area (Å²) in [5.74, 6) is 0.560. The van der Waals surface area contributed by atoms with Crippen molar-refractivity contribution in [3.63, 3.8) is 0 Å². The largest absolute Gasteiger partial charge is 0.416 e. The van der Waals surface area contributed by atoms with Gasteiger partial charge in [-0.15, -0.1) is 0 Å². The molecule has 0 bridgehead atoms. The Morgan fingerprint density at radius 3 is 2.65 bits per heavy atom. The second-order valence-electron chi connectivity index (χ2n) is 5.18. The van der Waals surface area contributed by atoms with Crippen molar-refractivity contribution in [2.75, 3.05) is 18.0 Å². The number of azide groups is 1. The zero-order valence-electron chi connectivity index (χ0n) is 11.8. The molecule has 23 heavy (non-hydrogen) atoms. The molecule has 120 valence electrons. The van der Waals surface area contributed by atoms with Crippen molar-refractivity contribution in [1.29, 1.82) is 0 Å². The first-order chi connectivity index (χ1) is 11.0. The number of alkyl halides is 3. The van der Waals surface area contributed by atoms with Crippen molar-refractivity contribution in [3.8, 4) is 0 Å². The summed E-state index contributed by atoms with van der Waals surface area (Å²) in [5, 5.41) is 7.67. The molecule has 0 amide bonds. The number of benzene rings is 1. The maximum atomic E-state index is 12.7. The van der Waals surface area contributed by atoms with Crippen molar-refractivity contribution in [2.45, 2.75) is 12.7 Å². The van der Waals surface area contributed by atoms with Crippen LogP contribution in [-0.4, -0.2) is 27.9 Å². The van der Waals surface area contributed by atoms with Crippen molar-refractivity contribution < 1.29 is 13.2 Å². The Bertz CT molecular complexity index is 731. The standard InChI is InChI=1S/C13H12F3N7/c14-13(15,16)10-1-3-11(4-2-10)22-6-9(5-19-21-17)7-23-12(22)18-8-20-23/h1-4,8-9H,5-7H2. The molecule has 0 aliphatic carbocycles. The summed E-state index contributed by atoms with van der Waals surface area (Å²) < 4.78 is 39.6. The van der Waals surface area contributed by atoms with Gasteiger partial charge in [0.05, 0.1) is 5.56 Å². The Kier molecular flexibility index (Phi) is 3.83. The molecule has 0 N–H and O–H groups in total. The fourth-order valence-electron chi connectivity index (χ4n) is 2.56. The predicted molar refractivity (Wildman–Crippen MR) is 76.0 cm³/mol. The average molecular weight is 323 g/mol. The Labute approximate surface area is 129 Å². The fourth-order valence-corrected chi connectivity index (χ4v) is 2.56. The van der Waals surface area contributed by atoms with Crippen LogP contribution in [0.4, 0.5) is 24.8 Å². The number of anilines is 2. The number of halogens is 3. The van der Waals surface area contributed by atoms with Crippen LogP contribution in [0.3, 0.4) is 0 Å². The molecule has 10 heteroatoms. The molecule has 1 aromatic heterocycles. The number of hydrogen-bond acceptors (Lipinski definition) is 4. The third-order valence-electron chi connectivity index (χ3n) is 3.62. The molecule has 0 fully saturated rings. The number of nitrogens with zero attached hydrogens (tertiary/aromatic N) is 7. The molecule has 1 atom stereocenters. The number of aromatic nitrogens is 3. The molecular formula is C13H12F3N7. The molecule has 0 spiro atoms. The van der Waals surface area contributed by atoms with E-state index in [4.69, 9.17) is 5.53 Å². The Morgan fingerprint density at radius 1 is 1.26 bits per heavy atom. The van der Waals surface area contributed by atoms with Crippen LogP contribution in [0.2, 0.25) is 0 Å². The zero-order chi connectivity index (χ0) is 16.4. The lowest BCUT2D eigenvalue weighted by atomic mass is 10.1. The number of rotatable bonds is 3. The van der Waals surface area contributed by atoms with Crippen molar-refractivity contribution in [3.05, 3.63) is 46.6 Å². The van der Waals surface area contributed by atoms with Gasteiger partial charge < -0.3 is 4.90 Å². The molecule has 1 aliphatic heterocycles. The lowest BCUT2D eigenvalue weighted by Gasteiger charge is -2.33. The van der Waals surface area contributed by atoms with E-state index in [9.17, 15) is 13.2 Å². The highest BCUT2D eigenvalue weighted by atomic mass is 19.4. The van der Waals surface area contributed by atoms with E-state index in [1.807, 2.05) is 0 Å². The zero-order valence-corrected chi connectivity index (χ0v) is 11.8. The van der Waals surface area contributed by atoms with E-state index >= 15 is 0 Å². The van der Waals surface area contributed by atoms with Crippen LogP contribution in [0.25, 0.3) is 10.4 Å². The van der Waals surface area contributed by atoms with E-state index in [-0.39, 0.29) is 12.5 Å². The van der Waals surface area contributed by atoms with Gasteiger partial charge in [-0.2, -0.15) is 23.3 Å². The van der Waals surface area contributed by atoms with Crippen molar-refractivity contribution in [1.82, 2.24) is 14.8 Å². The van der Waals surface area contributed by atoms with Crippen LogP contribution < -0.4 is 4.90 Å². The monoisotopic (exact) mass is 323 g/mol. The predicted octanol–water partition coefficient (Wildman–Crippen LogP) is 3.38. The second kappa shape index (κ2) is 5.81. The van der Waals surface area contributed by atoms with Gasteiger partial charge in [0.15, 0.2) is 0 Å². The quantitative estimate of drug-likeness (QED) is 0.493. The van der Waals surface area contributed by atoms with Gasteiger partial charge in [-0.05, 0) is 29.8 Å². The summed E-state index contributed by atoms with van der Waals surface area (Å²) >= 11 is 0. The molecule has 1 aromatic carbocycles. The van der Waals surface area contributed by atoms with Crippen LogP contribution in [0.5, 0.6) is 0 Å². The summed E-state index contributed by atoms with van der Waals surface area (Å²) in [7, 11) is 0. The van der Waals surface area contributed by atoms with E-state index in [1.165, 1.54) is 18.5 Å². The van der Waals surface area contributed by atoms with Crippen LogP contribution in [0.15, 0.2) is 35.7 Å². The van der Waals surface area contributed by atoms with Crippen molar-refractivity contribution in [2.24, 2.45) is 11.0 Å². The highest BCUT2D eigenvalue weighted by Crippen LogP contribution is 2.33. The average Bonchev–Trinajstić information content (AvgIpc) is 3.00. The summed E-state index contributed by atoms with van der Waals surface area (Å²) in [6.07, 6.45) is -2.98. The lowest BCUT2D eigenvalue weighted by molar-refractivity contribution is -0.137. The van der Waals surface area contributed by atoms with Gasteiger partial charge in [-0.25, -0.2) is 4.68 Å². The van der Waals surface area contributed by atoms with Crippen LogP contribution >= 0.6 is 0 Å². The molecule has 1 unspecified atom stereocenters. The normalized spacial score (nSPS) is 17.5. The summed E-state index contributed by atoms with van der Waals surface area (Å²) in [5.41, 5.74) is 8.32. The minimum atomic E-state index is -4.37. The van der Waals surface area contributed by atoms with E-state index in [2.05, 4.69) is 20.1 Å². The maximum Gasteiger partial charge on any atom is 0.416 e. The molecule has 0 saturated heterocycles. The Morgan fingerprint density at radius 2 is 2.00 bits per heavy atom. The maximum absolute atomic E-state index is 12.7. The van der Waals surface area contributed by atoms with Gasteiger partial charge in [0.2, 0.25) is 5.95 Å². The van der Waals surface area contributed by atoms with E-state index in [1.54, 1.807) is 9.58 Å². The van der Waals surface area contributed by atoms with Gasteiger partial charge in [-0.1, -0.05) is 5.11 Å². The molecule has 1 aliphatic rings. The summed E-state index contributed by atoms with van der Waals surface area (Å²) in [6, 6.07) is 4.87. The molecule has 7 nitrogen and oxygen atoms in total. The van der Waals surface area contributed by atoms with E-state index < -0.39 is 11.7 Å². The number of fused-ring (bicyclic) bond motifs is 1. The Balaban J connectivity index is 1.90. The van der Waals surface area contributed by atoms with E-state index in [0.29, 0.717) is 24.7 Å². The third kappa shape index (κ3) is 3.07. The van der Waals surface area contributed by atoms with Crippen LogP contribution in [0.1, 0.15) is 5.56 Å². The minimum Gasteiger partial charge on any atom is -0.310 e. The summed E-state index contributed by atoms with van der Waals surface area (Å²) in [6.45, 7) is 1.32. The summed E-state index contributed by atoms with van der Waals surface area (Å²) in [4.78, 5) is 8.67. The molecule has 2 heterocycles. The van der Waals surface area contributed by atoms with Gasteiger partial charge in [0.1, 0.15) is 6.33 Å². The molecule has 3 rings (SSSR count). The van der Waals surface area contributed by atoms with Gasteiger partial charge in [0.25, 0.3) is 0 Å².